The van der Waals surface area contributed by atoms with Gasteiger partial charge in [-0.3, -0.25) is 0 Å². The topological polar surface area (TPSA) is 41.6 Å². The highest BCUT2D eigenvalue weighted by Crippen LogP contribution is 2.22. The summed E-state index contributed by atoms with van der Waals surface area (Å²) < 4.78 is 32.4. The third-order valence-corrected chi connectivity index (χ3v) is 3.16. The fourth-order valence-electron chi connectivity index (χ4n) is 2.23. The number of nitrogens with one attached hydrogen (secondary N) is 1. The summed E-state index contributed by atoms with van der Waals surface area (Å²) >= 11 is 0. The molecule has 1 atom stereocenters. The molecule has 1 heterocycles. The Hall–Kier alpha value is -1.69. The summed E-state index contributed by atoms with van der Waals surface area (Å²) in [5.41, 5.74) is -0.357. The summed E-state index contributed by atoms with van der Waals surface area (Å²) in [7, 11) is 0. The first kappa shape index (κ1) is 15.7. The van der Waals surface area contributed by atoms with E-state index in [1.54, 1.807) is 20.8 Å². The van der Waals surface area contributed by atoms with Crippen LogP contribution in [0.5, 0.6) is 0 Å². The van der Waals surface area contributed by atoms with Gasteiger partial charge in [-0.2, -0.15) is 0 Å². The Balaban J connectivity index is 2.10. The van der Waals surface area contributed by atoms with Gasteiger partial charge in [-0.25, -0.2) is 13.6 Å². The van der Waals surface area contributed by atoms with Crippen molar-refractivity contribution in [2.75, 3.05) is 19.6 Å². The molecule has 116 valence electrons. The molecule has 4 nitrogen and oxygen atoms in total. The molecule has 21 heavy (non-hydrogen) atoms. The van der Waals surface area contributed by atoms with E-state index in [0.717, 1.165) is 18.2 Å². The minimum Gasteiger partial charge on any atom is -0.444 e. The molecule has 0 unspecified atom stereocenters. The van der Waals surface area contributed by atoms with Crippen LogP contribution in [0, 0.1) is 11.6 Å². The van der Waals surface area contributed by atoms with Gasteiger partial charge in [0.1, 0.15) is 17.2 Å². The molecule has 2 rings (SSSR count). The number of amides is 1. The van der Waals surface area contributed by atoms with Crippen molar-refractivity contribution in [1.29, 1.82) is 0 Å². The Labute approximate surface area is 123 Å². The quantitative estimate of drug-likeness (QED) is 0.867. The van der Waals surface area contributed by atoms with Crippen LogP contribution in [0.3, 0.4) is 0 Å². The smallest absolute Gasteiger partial charge is 0.410 e. The van der Waals surface area contributed by atoms with Crippen molar-refractivity contribution >= 4 is 6.09 Å². The minimum atomic E-state index is -0.582. The van der Waals surface area contributed by atoms with Crippen molar-refractivity contribution in [3.05, 3.63) is 35.4 Å². The zero-order valence-electron chi connectivity index (χ0n) is 12.5. The second-order valence-electron chi connectivity index (χ2n) is 6.10. The van der Waals surface area contributed by atoms with E-state index < -0.39 is 29.4 Å². The van der Waals surface area contributed by atoms with E-state index in [1.165, 1.54) is 4.90 Å². The monoisotopic (exact) mass is 298 g/mol. The zero-order chi connectivity index (χ0) is 15.6. The molecule has 1 aliphatic rings. The van der Waals surface area contributed by atoms with E-state index >= 15 is 0 Å². The van der Waals surface area contributed by atoms with Crippen molar-refractivity contribution in [3.8, 4) is 0 Å². The van der Waals surface area contributed by atoms with E-state index in [0.29, 0.717) is 13.1 Å². The van der Waals surface area contributed by atoms with Crippen LogP contribution in [-0.4, -0.2) is 36.2 Å². The largest absolute Gasteiger partial charge is 0.444 e. The van der Waals surface area contributed by atoms with Gasteiger partial charge in [0.25, 0.3) is 0 Å². The molecule has 1 amide bonds. The van der Waals surface area contributed by atoms with Gasteiger partial charge in [0.15, 0.2) is 0 Å². The number of benzene rings is 1. The van der Waals surface area contributed by atoms with Crippen molar-refractivity contribution in [1.82, 2.24) is 10.2 Å². The van der Waals surface area contributed by atoms with Gasteiger partial charge in [-0.1, -0.05) is 0 Å². The first-order chi connectivity index (χ1) is 9.76. The van der Waals surface area contributed by atoms with E-state index in [9.17, 15) is 13.6 Å². The van der Waals surface area contributed by atoms with Crippen molar-refractivity contribution in [2.24, 2.45) is 0 Å². The number of carbonyl (C=O) groups is 1. The average Bonchev–Trinajstić information content (AvgIpc) is 2.40. The lowest BCUT2D eigenvalue weighted by atomic mass is 10.0. The second kappa shape index (κ2) is 5.97. The number of hydrogen-bond acceptors (Lipinski definition) is 3. The van der Waals surface area contributed by atoms with Crippen LogP contribution < -0.4 is 5.32 Å². The number of nitrogens with zero attached hydrogens (tertiary/aromatic N) is 1. The Morgan fingerprint density at radius 2 is 2.10 bits per heavy atom. The Morgan fingerprint density at radius 1 is 1.38 bits per heavy atom. The number of hydrogen-bond donors (Lipinski definition) is 1. The molecule has 1 aliphatic heterocycles. The molecule has 6 heteroatoms. The van der Waals surface area contributed by atoms with Gasteiger partial charge in [-0.15, -0.1) is 0 Å². The summed E-state index contributed by atoms with van der Waals surface area (Å²) in [5, 5.41) is 3.10. The van der Waals surface area contributed by atoms with Gasteiger partial charge >= 0.3 is 6.09 Å². The number of halogens is 2. The third kappa shape index (κ3) is 4.14. The third-order valence-electron chi connectivity index (χ3n) is 3.16. The van der Waals surface area contributed by atoms with Crippen LogP contribution in [0.25, 0.3) is 0 Å². The molecule has 0 aliphatic carbocycles. The van der Waals surface area contributed by atoms with Crippen LogP contribution >= 0.6 is 0 Å². The molecule has 0 radical (unpaired) electrons. The van der Waals surface area contributed by atoms with E-state index in [-0.39, 0.29) is 12.1 Å². The maximum atomic E-state index is 13.8. The molecule has 0 spiro atoms. The molecular weight excluding hydrogens is 278 g/mol. The van der Waals surface area contributed by atoms with Crippen molar-refractivity contribution < 1.29 is 18.3 Å². The standard InChI is InChI=1S/C15H20F2N2O2/c1-15(2,3)21-14(20)19-7-6-18-13(9-19)11-8-10(16)4-5-12(11)17/h4-5,8,13,18H,6-7,9H2,1-3H3/t13-/m0/s1. The SMILES string of the molecule is CC(C)(C)OC(=O)N1CCN[C@H](c2cc(F)ccc2F)C1. The molecule has 0 aromatic heterocycles. The molecule has 1 N–H and O–H groups in total. The predicted octanol–water partition coefficient (Wildman–Crippen LogP) is 2.85. The number of ether oxygens (including phenoxy) is 1. The van der Waals surface area contributed by atoms with Gasteiger partial charge < -0.3 is 15.0 Å². The predicted molar refractivity (Wildman–Crippen MR) is 74.9 cm³/mol. The van der Waals surface area contributed by atoms with Gasteiger partial charge in [0.05, 0.1) is 6.04 Å². The van der Waals surface area contributed by atoms with Crippen LogP contribution in [0.4, 0.5) is 13.6 Å². The van der Waals surface area contributed by atoms with Crippen molar-refractivity contribution in [3.63, 3.8) is 0 Å². The Kier molecular flexibility index (Phi) is 4.46. The van der Waals surface area contributed by atoms with Gasteiger partial charge in [0, 0.05) is 25.2 Å². The van der Waals surface area contributed by atoms with E-state index in [2.05, 4.69) is 5.32 Å². The normalized spacial score (nSPS) is 19.5. The molecule has 1 saturated heterocycles. The molecule has 1 fully saturated rings. The lowest BCUT2D eigenvalue weighted by molar-refractivity contribution is 0.0193. The van der Waals surface area contributed by atoms with Crippen LogP contribution in [-0.2, 0) is 4.74 Å². The molecule has 1 aromatic carbocycles. The van der Waals surface area contributed by atoms with Gasteiger partial charge in [-0.05, 0) is 39.0 Å². The first-order valence-corrected chi connectivity index (χ1v) is 6.92. The van der Waals surface area contributed by atoms with E-state index in [4.69, 9.17) is 4.74 Å². The molecular formula is C15H20F2N2O2. The Bertz CT molecular complexity index is 529. The fraction of sp³-hybridized carbons (Fsp3) is 0.533. The highest BCUT2D eigenvalue weighted by atomic mass is 19.1. The maximum Gasteiger partial charge on any atom is 0.410 e. The summed E-state index contributed by atoms with van der Waals surface area (Å²) in [6, 6.07) is 2.89. The van der Waals surface area contributed by atoms with Crippen LogP contribution in [0.2, 0.25) is 0 Å². The first-order valence-electron chi connectivity index (χ1n) is 6.92. The van der Waals surface area contributed by atoms with E-state index in [1.807, 2.05) is 0 Å². The summed E-state index contributed by atoms with van der Waals surface area (Å²) in [6.45, 7) is 6.59. The van der Waals surface area contributed by atoms with Crippen LogP contribution in [0.1, 0.15) is 32.4 Å². The lowest BCUT2D eigenvalue weighted by Gasteiger charge is -2.35. The number of piperazine rings is 1. The summed E-state index contributed by atoms with van der Waals surface area (Å²) in [4.78, 5) is 13.6. The Morgan fingerprint density at radius 3 is 2.76 bits per heavy atom. The second-order valence-corrected chi connectivity index (χ2v) is 6.10. The van der Waals surface area contributed by atoms with Crippen molar-refractivity contribution in [2.45, 2.75) is 32.4 Å². The fourth-order valence-corrected chi connectivity index (χ4v) is 2.23. The highest BCUT2D eigenvalue weighted by Gasteiger charge is 2.29. The molecule has 1 aromatic rings. The summed E-state index contributed by atoms with van der Waals surface area (Å²) in [6.07, 6.45) is -0.439. The average molecular weight is 298 g/mol. The van der Waals surface area contributed by atoms with Gasteiger partial charge in [0.2, 0.25) is 0 Å². The summed E-state index contributed by atoms with van der Waals surface area (Å²) in [5.74, 6) is -0.984. The van der Waals surface area contributed by atoms with Crippen LogP contribution in [0.15, 0.2) is 18.2 Å². The number of rotatable bonds is 1. The minimum absolute atomic E-state index is 0.225. The maximum absolute atomic E-state index is 13.8. The highest BCUT2D eigenvalue weighted by molar-refractivity contribution is 5.68. The zero-order valence-corrected chi connectivity index (χ0v) is 12.5. The molecule has 0 bridgehead atoms. The number of carbonyl (C=O) groups excluding carboxylic acids is 1. The molecule has 0 saturated carbocycles. The lowest BCUT2D eigenvalue weighted by Crippen LogP contribution is -2.49.